The minimum absolute atomic E-state index is 0. The van der Waals surface area contributed by atoms with Gasteiger partial charge in [-0.2, -0.15) is 0 Å². The molecule has 3 nitrogen and oxygen atoms in total. The molecule has 0 atom stereocenters. The van der Waals surface area contributed by atoms with E-state index in [0.717, 1.165) is 6.54 Å². The standard InChI is InChI=1S/C3H5NO2.3HI.V.Y/c1-4-2-3(5)6;;;;;/h2,4H,1H2,(H,5,6);3*1H;;/q-2;;;;+3;/p-3. The minimum atomic E-state index is -1.01. The molecular weight excluding hydrogens is 603 g/mol. The summed E-state index contributed by atoms with van der Waals surface area (Å²) < 4.78 is 0. The number of carboxylic acids is 1. The monoisotopic (exact) mass is 608 g/mol. The third-order valence-electron chi connectivity index (χ3n) is 0.226. The molecule has 0 aromatic carbocycles. The first-order chi connectivity index (χ1) is 4.50. The van der Waals surface area contributed by atoms with Crippen molar-refractivity contribution in [3.8, 4) is 0 Å². The molecule has 0 fully saturated rings. The zero-order chi connectivity index (χ0) is 8.57. The van der Waals surface area contributed by atoms with Gasteiger partial charge in [-0.15, -0.1) is 0 Å². The van der Waals surface area contributed by atoms with Crippen LogP contribution in [-0.4, -0.2) is 11.1 Å². The molecule has 0 unspecified atom stereocenters. The van der Waals surface area contributed by atoms with Crippen LogP contribution in [-0.2, 0) is 42.4 Å². The molecule has 0 aliphatic rings. The summed E-state index contributed by atoms with van der Waals surface area (Å²) in [6.45, 7) is 0.847. The summed E-state index contributed by atoms with van der Waals surface area (Å²) in [5, 5.41) is 9.85. The normalized spacial score (nSPS) is 7.36. The number of halogens is 3. The van der Waals surface area contributed by atoms with E-state index in [1.165, 1.54) is 0 Å². The number of carboxylic acid groups (broad SMARTS) is 1. The largest absolute Gasteiger partial charge is 0 e. The third-order valence-corrected chi connectivity index (χ3v) is 0.226. The van der Waals surface area contributed by atoms with Gasteiger partial charge in [-0.25, -0.2) is 0 Å². The molecule has 0 spiro atoms. The Morgan fingerprint density at radius 2 is 1.82 bits per heavy atom. The van der Waals surface area contributed by atoms with Crippen molar-refractivity contribution in [2.75, 3.05) is 0 Å². The van der Waals surface area contributed by atoms with E-state index in [9.17, 15) is 4.79 Å². The van der Waals surface area contributed by atoms with Gasteiger partial charge in [-0.05, 0) is 0 Å². The molecule has 2 N–H and O–H groups in total. The molecule has 0 amide bonds. The summed E-state index contributed by atoms with van der Waals surface area (Å²) in [6.07, 6.45) is 0. The smallest absolute Gasteiger partial charge is 0 e. The van der Waals surface area contributed by atoms with E-state index in [1.54, 1.807) is 0 Å². The molecule has 0 aliphatic heterocycles. The molecule has 0 saturated carbocycles. The predicted octanol–water partition coefficient (Wildman–Crippen LogP) is 2.27. The Hall–Kier alpha value is 3.18. The first-order valence-corrected chi connectivity index (χ1v) is 15.4. The van der Waals surface area contributed by atoms with Crippen LogP contribution in [0.5, 0.6) is 0 Å². The van der Waals surface area contributed by atoms with Crippen molar-refractivity contribution in [2.24, 2.45) is 0 Å². The number of aliphatic carboxylic acids is 1. The predicted molar refractivity (Wildman–Crippen MR) is 62.5 cm³/mol. The summed E-state index contributed by atoms with van der Waals surface area (Å²) in [5.41, 5.74) is 0. The van der Waals surface area contributed by atoms with Gasteiger partial charge in [0, 0.05) is 32.7 Å². The Labute approximate surface area is 129 Å². The van der Waals surface area contributed by atoms with E-state index in [2.05, 4.69) is 72.3 Å². The van der Waals surface area contributed by atoms with Crippen LogP contribution in [0.1, 0.15) is 0 Å². The van der Waals surface area contributed by atoms with E-state index in [0.29, 0.717) is 0 Å². The Bertz CT molecular complexity index is 93.9. The van der Waals surface area contributed by atoms with Gasteiger partial charge in [0.1, 0.15) is 0 Å². The quantitative estimate of drug-likeness (QED) is 0.375. The molecular formula is C3H5I3NO2VY-2. The molecule has 0 bridgehead atoms. The Morgan fingerprint density at radius 1 is 1.55 bits per heavy atom. The number of nitrogens with one attached hydrogen (secondary N) is 1. The second-order valence-corrected chi connectivity index (χ2v) is 36.2. The summed E-state index contributed by atoms with van der Waals surface area (Å²) in [7, 11) is 3.04. The number of hydrogen-bond acceptors (Lipinski definition) is 2. The topological polar surface area (TPSA) is 49.3 Å². The number of hydrogen-bond donors (Lipinski definition) is 2. The van der Waals surface area contributed by atoms with E-state index in [4.69, 9.17) is 5.11 Å². The van der Waals surface area contributed by atoms with Crippen molar-refractivity contribution in [1.29, 1.82) is 0 Å². The van der Waals surface area contributed by atoms with Crippen molar-refractivity contribution in [2.45, 2.75) is 0 Å². The first kappa shape index (κ1) is 19.7. The summed E-state index contributed by atoms with van der Waals surface area (Å²) in [4.78, 5) is 9.16. The van der Waals surface area contributed by atoms with Gasteiger partial charge in [-0.3, -0.25) is 11.3 Å². The maximum atomic E-state index is 9.44. The van der Waals surface area contributed by atoms with Crippen molar-refractivity contribution in [1.82, 2.24) is 5.32 Å². The van der Waals surface area contributed by atoms with E-state index in [1.807, 2.05) is 0 Å². The average molecular weight is 608 g/mol. The molecule has 1 radical (unpaired) electrons. The van der Waals surface area contributed by atoms with Crippen LogP contribution in [0.3, 0.4) is 0 Å². The number of rotatable bonds is 2. The SMILES string of the molecule is [CH2-]N[CH-]C(=O)O.[I][V]([I])[I].[Y]. The van der Waals surface area contributed by atoms with Crippen molar-refractivity contribution in [3.63, 3.8) is 0 Å². The molecule has 11 heavy (non-hydrogen) atoms. The molecule has 8 heteroatoms. The van der Waals surface area contributed by atoms with Gasteiger partial charge in [0.05, 0.1) is 0 Å². The van der Waals surface area contributed by atoms with E-state index >= 15 is 0 Å². The van der Waals surface area contributed by atoms with Gasteiger partial charge < -0.3 is 17.5 Å². The first-order valence-electron chi connectivity index (χ1n) is 1.87. The van der Waals surface area contributed by atoms with E-state index < -0.39 is 5.97 Å². The third kappa shape index (κ3) is 43.1. The Kier molecular flexibility index (Phi) is 28.0. The minimum Gasteiger partial charge on any atom is 0 e. The second-order valence-electron chi connectivity index (χ2n) is 0.878. The maximum absolute atomic E-state index is 9.44. The van der Waals surface area contributed by atoms with Crippen LogP contribution in [0.25, 0.3) is 0 Å². The molecule has 0 aromatic heterocycles. The van der Waals surface area contributed by atoms with Gasteiger partial charge in [0.2, 0.25) is 0 Å². The fourth-order valence-electron chi connectivity index (χ4n) is 0.0873. The average Bonchev–Trinajstić information content (AvgIpc) is 1.62. The molecule has 65 valence electrons. The van der Waals surface area contributed by atoms with Crippen LogP contribution in [0, 0.1) is 13.6 Å². The van der Waals surface area contributed by atoms with Crippen molar-refractivity contribution >= 4 is 65.9 Å². The van der Waals surface area contributed by atoms with Crippen LogP contribution in [0.15, 0.2) is 0 Å². The molecule has 0 rings (SSSR count). The zero-order valence-corrected chi connectivity index (χ0v) is 16.0. The molecule has 0 saturated heterocycles. The summed E-state index contributed by atoms with van der Waals surface area (Å²) in [6, 6.07) is 0. The van der Waals surface area contributed by atoms with Crippen LogP contribution < -0.4 is 5.32 Å². The molecule has 0 aliphatic carbocycles. The Morgan fingerprint density at radius 3 is 1.82 bits per heavy atom. The summed E-state index contributed by atoms with van der Waals surface area (Å²) >= 11 is 7.39. The second kappa shape index (κ2) is 15.6. The fraction of sp³-hybridized carbons (Fsp3) is 0. The van der Waals surface area contributed by atoms with Crippen LogP contribution in [0.4, 0.5) is 0 Å². The molecule has 0 aromatic rings. The maximum Gasteiger partial charge on any atom is 0 e. The fourth-order valence-corrected chi connectivity index (χ4v) is 0.0873. The van der Waals surface area contributed by atoms with Crippen molar-refractivity contribution < 1.29 is 47.5 Å². The van der Waals surface area contributed by atoms with Gasteiger partial charge in [0.25, 0.3) is 0 Å². The zero-order valence-electron chi connectivity index (χ0n) is 5.30. The molecule has 0 heterocycles. The number of carbonyl (C=O) groups is 1. The Balaban J connectivity index is -0.000000114. The summed E-state index contributed by atoms with van der Waals surface area (Å²) in [5.74, 6) is -1.01. The van der Waals surface area contributed by atoms with Crippen LogP contribution in [0.2, 0.25) is 0 Å². The van der Waals surface area contributed by atoms with E-state index in [-0.39, 0.29) is 37.6 Å². The van der Waals surface area contributed by atoms with Crippen molar-refractivity contribution in [3.05, 3.63) is 13.6 Å². The van der Waals surface area contributed by atoms with Crippen LogP contribution >= 0.6 is 59.9 Å². The van der Waals surface area contributed by atoms with Gasteiger partial charge >= 0.3 is 64.9 Å². The van der Waals surface area contributed by atoms with Gasteiger partial charge in [-0.1, -0.05) is 0 Å². The van der Waals surface area contributed by atoms with Gasteiger partial charge in [0.15, 0.2) is 5.97 Å².